The average molecular weight is 180 g/mol. The normalized spacial score (nSPS) is 19.8. The summed E-state index contributed by atoms with van der Waals surface area (Å²) in [6, 6.07) is 0. The van der Waals surface area contributed by atoms with Crippen LogP contribution in [-0.2, 0) is 0 Å². The van der Waals surface area contributed by atoms with Crippen LogP contribution >= 0.6 is 0 Å². The van der Waals surface area contributed by atoms with Crippen LogP contribution < -0.4 is 0 Å². The number of hydrogen-bond donors (Lipinski definition) is 0. The highest BCUT2D eigenvalue weighted by Crippen LogP contribution is 2.25. The van der Waals surface area contributed by atoms with Crippen LogP contribution in [0, 0.1) is 11.3 Å². The molecule has 1 heterocycles. The van der Waals surface area contributed by atoms with Gasteiger partial charge in [0.25, 0.3) is 0 Å². The molecular weight excluding hydrogens is 160 g/mol. The molecule has 2 heteroatoms. The van der Waals surface area contributed by atoms with E-state index in [-0.39, 0.29) is 5.41 Å². The maximum atomic E-state index is 4.26. The second-order valence-corrected chi connectivity index (χ2v) is 4.87. The minimum atomic E-state index is 0.179. The molecule has 0 radical (unpaired) electrons. The molecule has 0 bridgehead atoms. The Bertz CT molecular complexity index is 243. The van der Waals surface area contributed by atoms with Gasteiger partial charge in [0, 0.05) is 17.5 Å². The zero-order valence-electron chi connectivity index (χ0n) is 9.39. The number of hydrogen-bond acceptors (Lipinski definition) is 2. The Labute approximate surface area is 81.1 Å². The van der Waals surface area contributed by atoms with Gasteiger partial charge in [0.1, 0.15) is 0 Å². The van der Waals surface area contributed by atoms with E-state index in [0.717, 1.165) is 12.8 Å². The summed E-state index contributed by atoms with van der Waals surface area (Å²) >= 11 is 0. The molecule has 74 valence electrons. The van der Waals surface area contributed by atoms with Gasteiger partial charge in [-0.2, -0.15) is 10.2 Å². The first-order valence-electron chi connectivity index (χ1n) is 5.09. The third-order valence-corrected chi connectivity index (χ3v) is 2.69. The van der Waals surface area contributed by atoms with E-state index < -0.39 is 0 Å². The minimum absolute atomic E-state index is 0.179. The maximum absolute atomic E-state index is 4.26. The zero-order valence-corrected chi connectivity index (χ0v) is 9.39. The van der Waals surface area contributed by atoms with E-state index in [9.17, 15) is 0 Å². The van der Waals surface area contributed by atoms with Crippen molar-refractivity contribution < 1.29 is 0 Å². The molecular formula is C11H20N2. The highest BCUT2D eigenvalue weighted by atomic mass is 15.2. The van der Waals surface area contributed by atoms with E-state index >= 15 is 0 Å². The standard InChI is InChI=1S/C11H20N2/c1-6-8(2)9-7-10(13-12-9)11(3,4)5/h8H,6-7H2,1-5H3. The Morgan fingerprint density at radius 2 is 1.92 bits per heavy atom. The van der Waals surface area contributed by atoms with E-state index in [1.54, 1.807) is 0 Å². The molecule has 0 N–H and O–H groups in total. The van der Waals surface area contributed by atoms with Crippen LogP contribution in [0.15, 0.2) is 10.2 Å². The molecule has 1 unspecified atom stereocenters. The molecule has 2 nitrogen and oxygen atoms in total. The molecule has 0 saturated heterocycles. The Morgan fingerprint density at radius 3 is 2.31 bits per heavy atom. The minimum Gasteiger partial charge on any atom is -0.159 e. The number of rotatable bonds is 2. The van der Waals surface area contributed by atoms with Crippen molar-refractivity contribution in [1.82, 2.24) is 0 Å². The van der Waals surface area contributed by atoms with Crippen molar-refractivity contribution in [3.05, 3.63) is 0 Å². The molecule has 1 rings (SSSR count). The van der Waals surface area contributed by atoms with Gasteiger partial charge in [0.2, 0.25) is 0 Å². The second-order valence-electron chi connectivity index (χ2n) is 4.87. The molecule has 1 atom stereocenters. The lowest BCUT2D eigenvalue weighted by Crippen LogP contribution is -2.22. The van der Waals surface area contributed by atoms with Gasteiger partial charge in [0.05, 0.1) is 5.71 Å². The van der Waals surface area contributed by atoms with Gasteiger partial charge in [-0.25, -0.2) is 0 Å². The van der Waals surface area contributed by atoms with E-state index in [2.05, 4.69) is 44.8 Å². The highest BCUT2D eigenvalue weighted by molar-refractivity contribution is 6.10. The Morgan fingerprint density at radius 1 is 1.31 bits per heavy atom. The lowest BCUT2D eigenvalue weighted by molar-refractivity contribution is 0.584. The third-order valence-electron chi connectivity index (χ3n) is 2.69. The third kappa shape index (κ3) is 2.39. The summed E-state index contributed by atoms with van der Waals surface area (Å²) in [4.78, 5) is 0. The van der Waals surface area contributed by atoms with Crippen LogP contribution in [-0.4, -0.2) is 11.4 Å². The average Bonchev–Trinajstić information content (AvgIpc) is 2.50. The molecule has 0 fully saturated rings. The lowest BCUT2D eigenvalue weighted by Gasteiger charge is -2.18. The van der Waals surface area contributed by atoms with Crippen molar-refractivity contribution in [2.24, 2.45) is 21.5 Å². The van der Waals surface area contributed by atoms with Crippen molar-refractivity contribution in [2.45, 2.75) is 47.5 Å². The summed E-state index contributed by atoms with van der Waals surface area (Å²) in [6.45, 7) is 11.0. The maximum Gasteiger partial charge on any atom is 0.0516 e. The van der Waals surface area contributed by atoms with Crippen LogP contribution in [0.1, 0.15) is 47.5 Å². The Balaban J connectivity index is 2.59. The summed E-state index contributed by atoms with van der Waals surface area (Å²) in [5.74, 6) is 0.587. The second kappa shape index (κ2) is 3.60. The Kier molecular flexibility index (Phi) is 2.89. The van der Waals surface area contributed by atoms with E-state index in [1.165, 1.54) is 11.4 Å². The molecule has 0 aliphatic carbocycles. The Hall–Kier alpha value is -0.660. The molecule has 0 saturated carbocycles. The van der Waals surface area contributed by atoms with Gasteiger partial charge in [-0.05, 0) is 12.3 Å². The van der Waals surface area contributed by atoms with Gasteiger partial charge in [-0.3, -0.25) is 0 Å². The van der Waals surface area contributed by atoms with Gasteiger partial charge in [-0.15, -0.1) is 0 Å². The molecule has 0 aromatic rings. The monoisotopic (exact) mass is 180 g/mol. The molecule has 1 aliphatic heterocycles. The fourth-order valence-corrected chi connectivity index (χ4v) is 1.29. The zero-order chi connectivity index (χ0) is 10.1. The molecule has 13 heavy (non-hydrogen) atoms. The van der Waals surface area contributed by atoms with Crippen molar-refractivity contribution in [3.63, 3.8) is 0 Å². The van der Waals surface area contributed by atoms with Gasteiger partial charge in [-0.1, -0.05) is 34.6 Å². The summed E-state index contributed by atoms with van der Waals surface area (Å²) in [5.41, 5.74) is 2.66. The molecule has 0 spiro atoms. The SMILES string of the molecule is CCC(C)C1=NN=C(C(C)(C)C)C1. The summed E-state index contributed by atoms with van der Waals surface area (Å²) in [5, 5.41) is 8.52. The van der Waals surface area contributed by atoms with Crippen LogP contribution in [0.5, 0.6) is 0 Å². The number of nitrogens with zero attached hydrogens (tertiary/aromatic N) is 2. The predicted octanol–water partition coefficient (Wildman–Crippen LogP) is 3.28. The summed E-state index contributed by atoms with van der Waals surface area (Å²) < 4.78 is 0. The first kappa shape index (κ1) is 10.4. The molecule has 0 aromatic carbocycles. The largest absolute Gasteiger partial charge is 0.159 e. The molecule has 1 aliphatic rings. The fourth-order valence-electron chi connectivity index (χ4n) is 1.29. The molecule has 0 amide bonds. The first-order chi connectivity index (χ1) is 5.95. The van der Waals surface area contributed by atoms with E-state index in [0.29, 0.717) is 5.92 Å². The van der Waals surface area contributed by atoms with Crippen LogP contribution in [0.2, 0.25) is 0 Å². The van der Waals surface area contributed by atoms with Gasteiger partial charge >= 0.3 is 0 Å². The van der Waals surface area contributed by atoms with Crippen LogP contribution in [0.3, 0.4) is 0 Å². The van der Waals surface area contributed by atoms with Crippen molar-refractivity contribution in [1.29, 1.82) is 0 Å². The quantitative estimate of drug-likeness (QED) is 0.623. The van der Waals surface area contributed by atoms with Crippen molar-refractivity contribution >= 4 is 11.4 Å². The van der Waals surface area contributed by atoms with Gasteiger partial charge < -0.3 is 0 Å². The lowest BCUT2D eigenvalue weighted by atomic mass is 9.85. The first-order valence-corrected chi connectivity index (χ1v) is 5.09. The summed E-state index contributed by atoms with van der Waals surface area (Å²) in [7, 11) is 0. The van der Waals surface area contributed by atoms with Crippen molar-refractivity contribution in [2.75, 3.05) is 0 Å². The van der Waals surface area contributed by atoms with Crippen molar-refractivity contribution in [3.8, 4) is 0 Å². The topological polar surface area (TPSA) is 24.7 Å². The van der Waals surface area contributed by atoms with Crippen LogP contribution in [0.4, 0.5) is 0 Å². The van der Waals surface area contributed by atoms with E-state index in [1.807, 2.05) is 0 Å². The smallest absolute Gasteiger partial charge is 0.0516 e. The molecule has 0 aromatic heterocycles. The van der Waals surface area contributed by atoms with Gasteiger partial charge in [0.15, 0.2) is 0 Å². The van der Waals surface area contributed by atoms with Crippen LogP contribution in [0.25, 0.3) is 0 Å². The summed E-state index contributed by atoms with van der Waals surface area (Å²) in [6.07, 6.45) is 2.14. The highest BCUT2D eigenvalue weighted by Gasteiger charge is 2.25. The predicted molar refractivity (Wildman–Crippen MR) is 58.4 cm³/mol. The van der Waals surface area contributed by atoms with E-state index in [4.69, 9.17) is 0 Å². The fraction of sp³-hybridized carbons (Fsp3) is 0.818.